The summed E-state index contributed by atoms with van der Waals surface area (Å²) < 4.78 is 14.8. The number of methoxy groups -OCH3 is 3. The third-order valence-electron chi connectivity index (χ3n) is 2.17. The second-order valence-electron chi connectivity index (χ2n) is 3.39. The minimum Gasteiger partial charge on any atom is -0.481 e. The maximum absolute atomic E-state index is 11.6. The first kappa shape index (κ1) is 15.3. The Morgan fingerprint density at radius 3 is 2.37 bits per heavy atom. The summed E-state index contributed by atoms with van der Waals surface area (Å²) in [5, 5.41) is -0.0623. The zero-order valence-electron chi connectivity index (χ0n) is 11.1. The van der Waals surface area contributed by atoms with Gasteiger partial charge in [0.15, 0.2) is 5.16 Å². The molecule has 0 fully saturated rings. The summed E-state index contributed by atoms with van der Waals surface area (Å²) in [7, 11) is 4.33. The second kappa shape index (κ2) is 7.63. The van der Waals surface area contributed by atoms with E-state index in [-0.39, 0.29) is 5.97 Å². The minimum atomic E-state index is -0.445. The average molecular weight is 284 g/mol. The summed E-state index contributed by atoms with van der Waals surface area (Å²) in [6, 6.07) is 1.56. The lowest BCUT2D eigenvalue weighted by atomic mass is 10.3. The van der Waals surface area contributed by atoms with Crippen LogP contribution in [-0.2, 0) is 9.53 Å². The van der Waals surface area contributed by atoms with Gasteiger partial charge in [-0.15, -0.1) is 6.58 Å². The van der Waals surface area contributed by atoms with E-state index in [0.717, 1.165) is 0 Å². The summed E-state index contributed by atoms with van der Waals surface area (Å²) in [6.45, 7) is 3.61. The molecule has 0 aliphatic heterocycles. The van der Waals surface area contributed by atoms with Crippen molar-refractivity contribution in [1.29, 1.82) is 0 Å². The molecule has 1 aromatic heterocycles. The summed E-state index contributed by atoms with van der Waals surface area (Å²) in [6.07, 6.45) is 2.10. The van der Waals surface area contributed by atoms with Crippen LogP contribution in [0.1, 0.15) is 6.42 Å². The zero-order valence-corrected chi connectivity index (χ0v) is 11.9. The molecule has 0 bridgehead atoms. The van der Waals surface area contributed by atoms with Crippen molar-refractivity contribution in [3.63, 3.8) is 0 Å². The SMILES string of the molecule is C=CCC(Sc1nc(OC)cc(OC)n1)C(=O)OC. The van der Waals surface area contributed by atoms with Crippen molar-refractivity contribution in [3.8, 4) is 11.8 Å². The molecule has 1 unspecified atom stereocenters. The van der Waals surface area contributed by atoms with Crippen LogP contribution in [0.2, 0.25) is 0 Å². The molecular formula is C12H16N2O4S. The van der Waals surface area contributed by atoms with E-state index >= 15 is 0 Å². The van der Waals surface area contributed by atoms with Crippen LogP contribution in [0.4, 0.5) is 0 Å². The van der Waals surface area contributed by atoms with Crippen molar-refractivity contribution in [2.24, 2.45) is 0 Å². The van der Waals surface area contributed by atoms with Crippen LogP contribution in [0.15, 0.2) is 23.9 Å². The molecule has 1 aromatic rings. The van der Waals surface area contributed by atoms with Crippen molar-refractivity contribution in [1.82, 2.24) is 9.97 Å². The van der Waals surface area contributed by atoms with Crippen molar-refractivity contribution >= 4 is 17.7 Å². The number of esters is 1. The molecule has 0 spiro atoms. The maximum Gasteiger partial charge on any atom is 0.319 e. The largest absolute Gasteiger partial charge is 0.481 e. The first-order valence-electron chi connectivity index (χ1n) is 5.47. The van der Waals surface area contributed by atoms with Crippen molar-refractivity contribution in [2.45, 2.75) is 16.8 Å². The molecule has 0 amide bonds. The molecule has 104 valence electrons. The number of allylic oxidation sites excluding steroid dienone is 1. The van der Waals surface area contributed by atoms with Crippen molar-refractivity contribution in [3.05, 3.63) is 18.7 Å². The molecule has 0 aromatic carbocycles. The predicted molar refractivity (Wildman–Crippen MR) is 71.6 cm³/mol. The Bertz CT molecular complexity index is 431. The number of hydrogen-bond donors (Lipinski definition) is 0. The third kappa shape index (κ3) is 4.44. The zero-order chi connectivity index (χ0) is 14.3. The van der Waals surface area contributed by atoms with Gasteiger partial charge in [-0.1, -0.05) is 17.8 Å². The maximum atomic E-state index is 11.6. The van der Waals surface area contributed by atoms with Crippen LogP contribution < -0.4 is 9.47 Å². The summed E-state index contributed by atoms with van der Waals surface area (Å²) in [4.78, 5) is 19.9. The Labute approximate surface area is 116 Å². The number of hydrogen-bond acceptors (Lipinski definition) is 7. The van der Waals surface area contributed by atoms with E-state index in [9.17, 15) is 4.79 Å². The molecule has 1 heterocycles. The lowest BCUT2D eigenvalue weighted by Crippen LogP contribution is -2.18. The number of aromatic nitrogens is 2. The lowest BCUT2D eigenvalue weighted by molar-refractivity contribution is -0.139. The average Bonchev–Trinajstić information content (AvgIpc) is 2.45. The third-order valence-corrected chi connectivity index (χ3v) is 3.23. The quantitative estimate of drug-likeness (QED) is 0.326. The predicted octanol–water partition coefficient (Wildman–Crippen LogP) is 1.70. The van der Waals surface area contributed by atoms with Gasteiger partial charge in [0.25, 0.3) is 0 Å². The Kier molecular flexibility index (Phi) is 6.14. The Hall–Kier alpha value is -1.76. The lowest BCUT2D eigenvalue weighted by Gasteiger charge is -2.12. The Balaban J connectivity index is 2.94. The molecule has 1 atom stereocenters. The van der Waals surface area contributed by atoms with Crippen LogP contribution in [-0.4, -0.2) is 42.5 Å². The Morgan fingerprint density at radius 1 is 1.37 bits per heavy atom. The summed E-state index contributed by atoms with van der Waals surface area (Å²) in [5.41, 5.74) is 0. The van der Waals surface area contributed by atoms with Crippen molar-refractivity contribution in [2.75, 3.05) is 21.3 Å². The molecule has 0 aliphatic rings. The molecular weight excluding hydrogens is 268 g/mol. The minimum absolute atomic E-state index is 0.352. The number of thioether (sulfide) groups is 1. The van der Waals surface area contributed by atoms with Gasteiger partial charge in [0.1, 0.15) is 5.25 Å². The molecule has 0 aliphatic carbocycles. The van der Waals surface area contributed by atoms with E-state index < -0.39 is 5.25 Å². The van der Waals surface area contributed by atoms with Crippen LogP contribution in [0.5, 0.6) is 11.8 Å². The molecule has 6 nitrogen and oxygen atoms in total. The molecule has 19 heavy (non-hydrogen) atoms. The van der Waals surface area contributed by atoms with Crippen LogP contribution >= 0.6 is 11.8 Å². The Morgan fingerprint density at radius 2 is 1.95 bits per heavy atom. The topological polar surface area (TPSA) is 70.5 Å². The molecule has 1 rings (SSSR count). The van der Waals surface area contributed by atoms with Crippen LogP contribution in [0.3, 0.4) is 0 Å². The summed E-state index contributed by atoms with van der Waals surface area (Å²) in [5.74, 6) is 0.392. The van der Waals surface area contributed by atoms with Crippen molar-refractivity contribution < 1.29 is 19.0 Å². The number of ether oxygens (including phenoxy) is 3. The number of carbonyl (C=O) groups excluding carboxylic acids is 1. The second-order valence-corrected chi connectivity index (χ2v) is 4.56. The molecule has 0 saturated heterocycles. The van der Waals surface area contributed by atoms with Gasteiger partial charge >= 0.3 is 5.97 Å². The van der Waals surface area contributed by atoms with Gasteiger partial charge in [-0.25, -0.2) is 0 Å². The molecule has 7 heteroatoms. The number of nitrogens with zero attached hydrogens (tertiary/aromatic N) is 2. The van der Waals surface area contributed by atoms with Crippen LogP contribution in [0.25, 0.3) is 0 Å². The van der Waals surface area contributed by atoms with Crippen LogP contribution in [0, 0.1) is 0 Å². The van der Waals surface area contributed by atoms with E-state index in [2.05, 4.69) is 16.5 Å². The van der Waals surface area contributed by atoms with Gasteiger partial charge < -0.3 is 14.2 Å². The van der Waals surface area contributed by atoms with E-state index in [4.69, 9.17) is 14.2 Å². The van der Waals surface area contributed by atoms with E-state index in [1.807, 2.05) is 0 Å². The van der Waals surface area contributed by atoms with Gasteiger partial charge in [-0.2, -0.15) is 9.97 Å². The molecule has 0 saturated carbocycles. The van der Waals surface area contributed by atoms with Gasteiger partial charge in [0.2, 0.25) is 11.8 Å². The summed E-state index contributed by atoms with van der Waals surface area (Å²) >= 11 is 1.18. The highest BCUT2D eigenvalue weighted by Crippen LogP contribution is 2.27. The van der Waals surface area contributed by atoms with E-state index in [0.29, 0.717) is 23.3 Å². The number of rotatable bonds is 7. The first-order chi connectivity index (χ1) is 9.14. The normalized spacial score (nSPS) is 11.5. The standard InChI is InChI=1S/C12H16N2O4S/c1-5-6-8(11(15)18-4)19-12-13-9(16-2)7-10(14-12)17-3/h5,7-8H,1,6H2,2-4H3. The van der Waals surface area contributed by atoms with Gasteiger partial charge in [0.05, 0.1) is 27.4 Å². The molecule has 0 radical (unpaired) electrons. The van der Waals surface area contributed by atoms with Gasteiger partial charge in [-0.3, -0.25) is 4.79 Å². The highest BCUT2D eigenvalue weighted by atomic mass is 32.2. The highest BCUT2D eigenvalue weighted by Gasteiger charge is 2.21. The fraction of sp³-hybridized carbons (Fsp3) is 0.417. The fourth-order valence-electron chi connectivity index (χ4n) is 1.25. The highest BCUT2D eigenvalue weighted by molar-refractivity contribution is 8.00. The van der Waals surface area contributed by atoms with E-state index in [1.165, 1.54) is 33.1 Å². The monoisotopic (exact) mass is 284 g/mol. The van der Waals surface area contributed by atoms with Gasteiger partial charge in [-0.05, 0) is 6.42 Å². The smallest absolute Gasteiger partial charge is 0.319 e. The van der Waals surface area contributed by atoms with Gasteiger partial charge in [0, 0.05) is 0 Å². The first-order valence-corrected chi connectivity index (χ1v) is 6.35. The van der Waals surface area contributed by atoms with E-state index in [1.54, 1.807) is 12.1 Å². The fourth-order valence-corrected chi connectivity index (χ4v) is 2.21. The number of carbonyl (C=O) groups is 1. The molecule has 0 N–H and O–H groups in total.